The average Bonchev–Trinajstić information content (AvgIpc) is 3.22. The molecule has 0 aliphatic carbocycles. The molecule has 2 aliphatic rings. The topological polar surface area (TPSA) is 58.1 Å². The van der Waals surface area contributed by atoms with Crippen molar-refractivity contribution in [2.45, 2.75) is 45.3 Å². The van der Waals surface area contributed by atoms with Crippen LogP contribution < -0.4 is 15.4 Å². The molecule has 0 aromatic heterocycles. The lowest BCUT2D eigenvalue weighted by Crippen LogP contribution is -2.42. The van der Waals surface area contributed by atoms with Crippen LogP contribution in [0.4, 0.5) is 0 Å². The molecule has 0 saturated carbocycles. The fourth-order valence-electron chi connectivity index (χ4n) is 3.81. The molecule has 2 aliphatic heterocycles. The largest absolute Gasteiger partial charge is 0.491 e. The minimum Gasteiger partial charge on any atom is -0.491 e. The molecule has 1 aromatic rings. The molecule has 2 N–H and O–H groups in total. The third-order valence-corrected chi connectivity index (χ3v) is 5.74. The van der Waals surface area contributed by atoms with Crippen molar-refractivity contribution in [3.63, 3.8) is 0 Å². The van der Waals surface area contributed by atoms with Gasteiger partial charge in [0.15, 0.2) is 5.96 Å². The summed E-state index contributed by atoms with van der Waals surface area (Å²) in [5, 5.41) is 6.93. The molecule has 164 valence electrons. The van der Waals surface area contributed by atoms with E-state index in [9.17, 15) is 0 Å². The SMILES string of the molecule is CN=C(NCc1ccc(C)cc1OCC1CCCO1)NCC1CCN(C)CC1.I. The van der Waals surface area contributed by atoms with Crippen molar-refractivity contribution in [1.82, 2.24) is 15.5 Å². The zero-order valence-corrected chi connectivity index (χ0v) is 20.4. The summed E-state index contributed by atoms with van der Waals surface area (Å²) in [4.78, 5) is 6.78. The molecule has 2 saturated heterocycles. The molecule has 6 nitrogen and oxygen atoms in total. The predicted octanol–water partition coefficient (Wildman–Crippen LogP) is 3.18. The number of piperidine rings is 1. The number of halogens is 1. The second-order valence-electron chi connectivity index (χ2n) is 8.11. The van der Waals surface area contributed by atoms with Gasteiger partial charge >= 0.3 is 0 Å². The Bertz CT molecular complexity index is 642. The Hall–Kier alpha value is -1.06. The molecule has 1 atom stereocenters. The van der Waals surface area contributed by atoms with Gasteiger partial charge in [0.2, 0.25) is 0 Å². The Balaban J connectivity index is 0.00000300. The van der Waals surface area contributed by atoms with Gasteiger partial charge in [-0.3, -0.25) is 4.99 Å². The van der Waals surface area contributed by atoms with Gasteiger partial charge in [-0.1, -0.05) is 12.1 Å². The van der Waals surface area contributed by atoms with Crippen LogP contribution in [0.15, 0.2) is 23.2 Å². The minimum absolute atomic E-state index is 0. The number of hydrogen-bond acceptors (Lipinski definition) is 4. The van der Waals surface area contributed by atoms with Gasteiger partial charge in [-0.2, -0.15) is 0 Å². The summed E-state index contributed by atoms with van der Waals surface area (Å²) in [6, 6.07) is 6.38. The number of rotatable bonds is 7. The zero-order valence-electron chi connectivity index (χ0n) is 18.1. The van der Waals surface area contributed by atoms with Crippen molar-refractivity contribution in [3.05, 3.63) is 29.3 Å². The summed E-state index contributed by atoms with van der Waals surface area (Å²) < 4.78 is 11.8. The van der Waals surface area contributed by atoms with E-state index in [4.69, 9.17) is 9.47 Å². The molecule has 0 amide bonds. The molecule has 29 heavy (non-hydrogen) atoms. The molecule has 0 bridgehead atoms. The quantitative estimate of drug-likeness (QED) is 0.331. The average molecular weight is 516 g/mol. The van der Waals surface area contributed by atoms with Gasteiger partial charge in [-0.25, -0.2) is 0 Å². The Labute approximate surface area is 192 Å². The lowest BCUT2D eigenvalue weighted by molar-refractivity contribution is 0.0676. The molecule has 3 rings (SSSR count). The molecule has 0 radical (unpaired) electrons. The number of hydrogen-bond donors (Lipinski definition) is 2. The van der Waals surface area contributed by atoms with Gasteiger partial charge in [0.1, 0.15) is 12.4 Å². The van der Waals surface area contributed by atoms with Crippen LogP contribution in [0.2, 0.25) is 0 Å². The monoisotopic (exact) mass is 516 g/mol. The van der Waals surface area contributed by atoms with E-state index in [0.29, 0.717) is 13.2 Å². The normalized spacial score (nSPS) is 20.9. The van der Waals surface area contributed by atoms with E-state index >= 15 is 0 Å². The number of benzene rings is 1. The summed E-state index contributed by atoms with van der Waals surface area (Å²) in [6.45, 7) is 7.62. The fourth-order valence-corrected chi connectivity index (χ4v) is 3.81. The van der Waals surface area contributed by atoms with E-state index in [1.807, 2.05) is 7.05 Å². The summed E-state index contributed by atoms with van der Waals surface area (Å²) in [5.74, 6) is 2.51. The van der Waals surface area contributed by atoms with Crippen LogP contribution in [-0.2, 0) is 11.3 Å². The number of aryl methyl sites for hydroxylation is 1. The highest BCUT2D eigenvalue weighted by Gasteiger charge is 2.18. The first kappa shape index (κ1) is 24.2. The minimum atomic E-state index is 0. The maximum Gasteiger partial charge on any atom is 0.191 e. The first-order chi connectivity index (χ1) is 13.6. The summed E-state index contributed by atoms with van der Waals surface area (Å²) in [6.07, 6.45) is 4.95. The van der Waals surface area contributed by atoms with E-state index < -0.39 is 0 Å². The molecule has 2 fully saturated rings. The predicted molar refractivity (Wildman–Crippen MR) is 129 cm³/mol. The van der Waals surface area contributed by atoms with E-state index in [2.05, 4.69) is 52.7 Å². The fraction of sp³-hybridized carbons (Fsp3) is 0.682. The number of aliphatic imine (C=N–C) groups is 1. The highest BCUT2D eigenvalue weighted by atomic mass is 127. The third-order valence-electron chi connectivity index (χ3n) is 5.74. The highest BCUT2D eigenvalue weighted by Crippen LogP contribution is 2.22. The van der Waals surface area contributed by atoms with Crippen molar-refractivity contribution >= 4 is 29.9 Å². The van der Waals surface area contributed by atoms with Crippen LogP contribution in [0.25, 0.3) is 0 Å². The van der Waals surface area contributed by atoms with Gasteiger partial charge in [0.25, 0.3) is 0 Å². The van der Waals surface area contributed by atoms with Gasteiger partial charge in [0, 0.05) is 32.3 Å². The second-order valence-corrected chi connectivity index (χ2v) is 8.11. The van der Waals surface area contributed by atoms with Gasteiger partial charge in [0.05, 0.1) is 6.10 Å². The Kier molecular flexibility index (Phi) is 10.5. The standard InChI is InChI=1S/C22H36N4O2.HI/c1-17-6-7-19(21(13-17)28-16-20-5-4-12-27-20)15-25-22(23-2)24-14-18-8-10-26(3)11-9-18;/h6-7,13,18,20H,4-5,8-12,14-16H2,1-3H3,(H2,23,24,25);1H. The number of nitrogens with one attached hydrogen (secondary N) is 2. The van der Waals surface area contributed by atoms with E-state index in [1.165, 1.54) is 31.5 Å². The molecule has 7 heteroatoms. The maximum absolute atomic E-state index is 6.10. The Morgan fingerprint density at radius 3 is 2.72 bits per heavy atom. The number of ether oxygens (including phenoxy) is 2. The molecule has 2 heterocycles. The number of likely N-dealkylation sites (tertiary alicyclic amines) is 1. The van der Waals surface area contributed by atoms with Crippen molar-refractivity contribution < 1.29 is 9.47 Å². The Morgan fingerprint density at radius 2 is 2.03 bits per heavy atom. The first-order valence-electron chi connectivity index (χ1n) is 10.6. The van der Waals surface area contributed by atoms with E-state index in [0.717, 1.165) is 49.2 Å². The maximum atomic E-state index is 6.10. The molecule has 1 aromatic carbocycles. The number of guanidine groups is 1. The molecular weight excluding hydrogens is 479 g/mol. The molecule has 1 unspecified atom stereocenters. The smallest absolute Gasteiger partial charge is 0.191 e. The number of nitrogens with zero attached hydrogens (tertiary/aromatic N) is 2. The van der Waals surface area contributed by atoms with Crippen molar-refractivity contribution in [2.24, 2.45) is 10.9 Å². The summed E-state index contributed by atoms with van der Waals surface area (Å²) >= 11 is 0. The highest BCUT2D eigenvalue weighted by molar-refractivity contribution is 14.0. The van der Waals surface area contributed by atoms with Gasteiger partial charge < -0.3 is 25.0 Å². The van der Waals surface area contributed by atoms with E-state index in [1.54, 1.807) is 0 Å². The second kappa shape index (κ2) is 12.6. The van der Waals surface area contributed by atoms with Crippen LogP contribution in [-0.4, -0.2) is 63.9 Å². The first-order valence-corrected chi connectivity index (χ1v) is 10.6. The Morgan fingerprint density at radius 1 is 1.24 bits per heavy atom. The zero-order chi connectivity index (χ0) is 19.8. The summed E-state index contributed by atoms with van der Waals surface area (Å²) in [7, 11) is 4.03. The van der Waals surface area contributed by atoms with Crippen LogP contribution in [0.1, 0.15) is 36.8 Å². The van der Waals surface area contributed by atoms with E-state index in [-0.39, 0.29) is 30.1 Å². The third kappa shape index (κ3) is 7.94. The van der Waals surface area contributed by atoms with Crippen molar-refractivity contribution in [3.8, 4) is 5.75 Å². The molecule has 0 spiro atoms. The van der Waals surface area contributed by atoms with Gasteiger partial charge in [-0.05, 0) is 70.3 Å². The van der Waals surface area contributed by atoms with Gasteiger partial charge in [-0.15, -0.1) is 24.0 Å². The van der Waals surface area contributed by atoms with Crippen molar-refractivity contribution in [1.29, 1.82) is 0 Å². The lowest BCUT2D eigenvalue weighted by Gasteiger charge is -2.29. The molecular formula is C22H37IN4O2. The van der Waals surface area contributed by atoms with Crippen LogP contribution in [0, 0.1) is 12.8 Å². The summed E-state index contributed by atoms with van der Waals surface area (Å²) in [5.41, 5.74) is 2.35. The van der Waals surface area contributed by atoms with Crippen LogP contribution in [0.5, 0.6) is 5.75 Å². The lowest BCUT2D eigenvalue weighted by atomic mass is 9.97. The van der Waals surface area contributed by atoms with Crippen LogP contribution in [0.3, 0.4) is 0 Å². The van der Waals surface area contributed by atoms with Crippen LogP contribution >= 0.6 is 24.0 Å². The van der Waals surface area contributed by atoms with Crippen molar-refractivity contribution in [2.75, 3.05) is 46.9 Å².